The van der Waals surface area contributed by atoms with Gasteiger partial charge >= 0.3 is 0 Å². The van der Waals surface area contributed by atoms with Crippen molar-refractivity contribution in [2.75, 3.05) is 19.6 Å². The Morgan fingerprint density at radius 2 is 2.11 bits per heavy atom. The van der Waals surface area contributed by atoms with E-state index in [0.29, 0.717) is 6.54 Å². The summed E-state index contributed by atoms with van der Waals surface area (Å²) in [7, 11) is 0. The largest absolute Gasteiger partial charge is 0.320 e. The first-order valence-corrected chi connectivity index (χ1v) is 6.80. The van der Waals surface area contributed by atoms with Gasteiger partial charge in [-0.05, 0) is 37.2 Å². The average Bonchev–Trinajstić information content (AvgIpc) is 2.41. The monoisotopic (exact) mass is 244 g/mol. The highest BCUT2D eigenvalue weighted by Gasteiger charge is 2.03. The van der Waals surface area contributed by atoms with E-state index >= 15 is 0 Å². The number of benzene rings is 1. The molecular weight excluding hydrogens is 220 g/mol. The Morgan fingerprint density at radius 1 is 1.28 bits per heavy atom. The lowest BCUT2D eigenvalue weighted by Gasteiger charge is -2.20. The van der Waals surface area contributed by atoms with Crippen molar-refractivity contribution < 1.29 is 0 Å². The molecule has 1 rings (SSSR count). The molecule has 0 aliphatic carbocycles. The number of rotatable bonds is 6. The lowest BCUT2D eigenvalue weighted by Crippen LogP contribution is -2.23. The maximum absolute atomic E-state index is 5.39. The molecule has 0 fully saturated rings. The second-order valence-electron chi connectivity index (χ2n) is 4.43. The minimum absolute atomic E-state index is 0.418. The van der Waals surface area contributed by atoms with Crippen LogP contribution in [0, 0.1) is 11.8 Å². The normalized spacial score (nSPS) is 10.2. The predicted molar refractivity (Wildman–Crippen MR) is 78.2 cm³/mol. The highest BCUT2D eigenvalue weighted by molar-refractivity contribution is 5.37. The highest BCUT2D eigenvalue weighted by atomic mass is 15.1. The van der Waals surface area contributed by atoms with Crippen molar-refractivity contribution in [3.8, 4) is 11.8 Å². The third kappa shape index (κ3) is 5.35. The molecular formula is C16H24N2. The van der Waals surface area contributed by atoms with Gasteiger partial charge in [-0.3, -0.25) is 4.90 Å². The van der Waals surface area contributed by atoms with E-state index in [2.05, 4.69) is 48.8 Å². The number of nitrogens with zero attached hydrogens (tertiary/aromatic N) is 1. The SMILES string of the molecule is CCCCN(CC)Cc1cccc(C#CCN)c1. The van der Waals surface area contributed by atoms with Crippen LogP contribution in [0.2, 0.25) is 0 Å². The molecule has 0 saturated carbocycles. The molecule has 2 nitrogen and oxygen atoms in total. The summed E-state index contributed by atoms with van der Waals surface area (Å²) < 4.78 is 0. The predicted octanol–water partition coefficient (Wildman–Crippen LogP) is 2.62. The zero-order chi connectivity index (χ0) is 13.2. The van der Waals surface area contributed by atoms with Crippen LogP contribution < -0.4 is 5.73 Å². The molecule has 0 heterocycles. The van der Waals surface area contributed by atoms with Crippen LogP contribution in [0.5, 0.6) is 0 Å². The Bertz CT molecular complexity index is 401. The van der Waals surface area contributed by atoms with Gasteiger partial charge in [-0.1, -0.05) is 44.2 Å². The summed E-state index contributed by atoms with van der Waals surface area (Å²) in [4.78, 5) is 2.47. The molecule has 0 atom stereocenters. The van der Waals surface area contributed by atoms with Crippen LogP contribution in [0.1, 0.15) is 37.8 Å². The van der Waals surface area contributed by atoms with Crippen molar-refractivity contribution in [2.45, 2.75) is 33.2 Å². The van der Waals surface area contributed by atoms with E-state index in [-0.39, 0.29) is 0 Å². The lowest BCUT2D eigenvalue weighted by atomic mass is 10.1. The van der Waals surface area contributed by atoms with Gasteiger partial charge in [0.15, 0.2) is 0 Å². The maximum atomic E-state index is 5.39. The standard InChI is InChI=1S/C16H24N2/c1-3-5-12-18(4-2)14-16-9-6-8-15(13-16)10-7-11-17/h6,8-9,13H,3-5,11-12,14,17H2,1-2H3. The number of hydrogen-bond acceptors (Lipinski definition) is 2. The molecule has 0 saturated heterocycles. The fraction of sp³-hybridized carbons (Fsp3) is 0.500. The molecule has 0 bridgehead atoms. The summed E-state index contributed by atoms with van der Waals surface area (Å²) >= 11 is 0. The van der Waals surface area contributed by atoms with Crippen LogP contribution in [0.25, 0.3) is 0 Å². The van der Waals surface area contributed by atoms with E-state index in [1.807, 2.05) is 6.07 Å². The lowest BCUT2D eigenvalue weighted by molar-refractivity contribution is 0.275. The zero-order valence-electron chi connectivity index (χ0n) is 11.6. The molecule has 0 spiro atoms. The van der Waals surface area contributed by atoms with Gasteiger partial charge in [0.25, 0.3) is 0 Å². The molecule has 2 N–H and O–H groups in total. The first-order chi connectivity index (χ1) is 8.80. The maximum Gasteiger partial charge on any atom is 0.0555 e. The van der Waals surface area contributed by atoms with Crippen molar-refractivity contribution in [1.82, 2.24) is 4.90 Å². The molecule has 2 heteroatoms. The average molecular weight is 244 g/mol. The summed E-state index contributed by atoms with van der Waals surface area (Å²) in [6, 6.07) is 8.44. The molecule has 18 heavy (non-hydrogen) atoms. The van der Waals surface area contributed by atoms with Gasteiger partial charge < -0.3 is 5.73 Å². The van der Waals surface area contributed by atoms with Crippen molar-refractivity contribution in [3.05, 3.63) is 35.4 Å². The zero-order valence-corrected chi connectivity index (χ0v) is 11.6. The van der Waals surface area contributed by atoms with Crippen LogP contribution >= 0.6 is 0 Å². The third-order valence-corrected chi connectivity index (χ3v) is 2.94. The number of unbranched alkanes of at least 4 members (excludes halogenated alkanes) is 1. The minimum atomic E-state index is 0.418. The Balaban J connectivity index is 2.65. The van der Waals surface area contributed by atoms with Gasteiger partial charge in [-0.25, -0.2) is 0 Å². The molecule has 1 aromatic rings. The molecule has 0 aromatic heterocycles. The molecule has 0 aliphatic rings. The molecule has 0 radical (unpaired) electrons. The van der Waals surface area contributed by atoms with Gasteiger partial charge in [-0.15, -0.1) is 0 Å². The Morgan fingerprint density at radius 3 is 2.78 bits per heavy atom. The molecule has 0 aliphatic heterocycles. The van der Waals surface area contributed by atoms with Gasteiger partial charge in [0.1, 0.15) is 0 Å². The first kappa shape index (κ1) is 14.8. The fourth-order valence-corrected chi connectivity index (χ4v) is 1.89. The third-order valence-electron chi connectivity index (χ3n) is 2.94. The van der Waals surface area contributed by atoms with E-state index in [1.54, 1.807) is 0 Å². The summed E-state index contributed by atoms with van der Waals surface area (Å²) in [5.74, 6) is 5.98. The van der Waals surface area contributed by atoms with Crippen LogP contribution in [0.15, 0.2) is 24.3 Å². The van der Waals surface area contributed by atoms with Crippen molar-refractivity contribution in [1.29, 1.82) is 0 Å². The van der Waals surface area contributed by atoms with E-state index in [0.717, 1.165) is 18.7 Å². The second kappa shape index (κ2) is 8.74. The number of hydrogen-bond donors (Lipinski definition) is 1. The van der Waals surface area contributed by atoms with E-state index < -0.39 is 0 Å². The molecule has 98 valence electrons. The van der Waals surface area contributed by atoms with Gasteiger partial charge in [-0.2, -0.15) is 0 Å². The Hall–Kier alpha value is -1.30. The van der Waals surface area contributed by atoms with Gasteiger partial charge in [0, 0.05) is 12.1 Å². The van der Waals surface area contributed by atoms with Crippen molar-refractivity contribution >= 4 is 0 Å². The summed E-state index contributed by atoms with van der Waals surface area (Å²) in [6.07, 6.45) is 2.51. The minimum Gasteiger partial charge on any atom is -0.320 e. The van der Waals surface area contributed by atoms with Crippen molar-refractivity contribution in [2.24, 2.45) is 5.73 Å². The summed E-state index contributed by atoms with van der Waals surface area (Å²) in [5.41, 5.74) is 7.78. The summed E-state index contributed by atoms with van der Waals surface area (Å²) in [6.45, 7) is 8.14. The van der Waals surface area contributed by atoms with E-state index in [1.165, 1.54) is 24.9 Å². The van der Waals surface area contributed by atoms with Crippen LogP contribution in [-0.2, 0) is 6.54 Å². The van der Waals surface area contributed by atoms with Gasteiger partial charge in [0.05, 0.1) is 6.54 Å². The fourth-order valence-electron chi connectivity index (χ4n) is 1.89. The van der Waals surface area contributed by atoms with Crippen LogP contribution in [0.3, 0.4) is 0 Å². The highest BCUT2D eigenvalue weighted by Crippen LogP contribution is 2.08. The number of nitrogens with two attached hydrogens (primary N) is 1. The van der Waals surface area contributed by atoms with E-state index in [4.69, 9.17) is 5.73 Å². The van der Waals surface area contributed by atoms with Crippen molar-refractivity contribution in [3.63, 3.8) is 0 Å². The smallest absolute Gasteiger partial charge is 0.0555 e. The topological polar surface area (TPSA) is 29.3 Å². The van der Waals surface area contributed by atoms with Crippen LogP contribution in [0.4, 0.5) is 0 Å². The van der Waals surface area contributed by atoms with E-state index in [9.17, 15) is 0 Å². The Kier molecular flexibility index (Phi) is 7.17. The van der Waals surface area contributed by atoms with Crippen LogP contribution in [-0.4, -0.2) is 24.5 Å². The molecule has 0 amide bonds. The quantitative estimate of drug-likeness (QED) is 0.779. The second-order valence-corrected chi connectivity index (χ2v) is 4.43. The molecule has 0 unspecified atom stereocenters. The van der Waals surface area contributed by atoms with Gasteiger partial charge in [0.2, 0.25) is 0 Å². The summed E-state index contributed by atoms with van der Waals surface area (Å²) in [5, 5.41) is 0. The first-order valence-electron chi connectivity index (χ1n) is 6.80. The Labute approximate surface area is 111 Å². The molecule has 1 aromatic carbocycles.